The minimum atomic E-state index is -1.15. The second-order valence-electron chi connectivity index (χ2n) is 12.3. The summed E-state index contributed by atoms with van der Waals surface area (Å²) in [5.41, 5.74) is -8.82. The minimum absolute atomic E-state index is 0.248. The van der Waals surface area contributed by atoms with Gasteiger partial charge in [0, 0.05) is 21.5 Å². The molecule has 2 heteroatoms. The van der Waals surface area contributed by atoms with Crippen LogP contribution in [0.5, 0.6) is 0 Å². The Morgan fingerprint density at radius 3 is 1.52 bits per heavy atom. The van der Waals surface area contributed by atoms with Crippen LogP contribution in [-0.2, 0) is 0 Å². The zero-order valence-electron chi connectivity index (χ0n) is 59.8. The van der Waals surface area contributed by atoms with Crippen molar-refractivity contribution in [3.8, 4) is 44.5 Å². The van der Waals surface area contributed by atoms with E-state index in [4.69, 9.17) is 33.5 Å². The average molecular weight is 745 g/mol. The maximum Gasteiger partial charge on any atom is 0.136 e. The molecule has 0 saturated heterocycles. The van der Waals surface area contributed by atoms with E-state index in [-0.39, 0.29) is 16.2 Å². The summed E-state index contributed by atoms with van der Waals surface area (Å²) in [6.07, 6.45) is 0. The zero-order valence-corrected chi connectivity index (χ0v) is 27.8. The maximum atomic E-state index is 10.0. The molecule has 10 aromatic carbocycles. The fourth-order valence-corrected chi connectivity index (χ4v) is 6.93. The lowest BCUT2D eigenvalue weighted by Crippen LogP contribution is -1.91. The van der Waals surface area contributed by atoms with Gasteiger partial charge >= 0.3 is 0 Å². The van der Waals surface area contributed by atoms with E-state index < -0.39 is 298 Å². The summed E-state index contributed by atoms with van der Waals surface area (Å²) in [5.74, 6) is 0. The molecule has 0 bridgehead atoms. The molecule has 12 rings (SSSR count). The lowest BCUT2D eigenvalue weighted by atomic mass is 9.85. The Balaban J connectivity index is 1.26. The van der Waals surface area contributed by atoms with Gasteiger partial charge in [0.1, 0.15) is 22.3 Å². The highest BCUT2D eigenvalue weighted by Crippen LogP contribution is 2.46. The van der Waals surface area contributed by atoms with Gasteiger partial charge in [0.25, 0.3) is 0 Å². The molecule has 0 aliphatic heterocycles. The van der Waals surface area contributed by atoms with Gasteiger partial charge in [-0.2, -0.15) is 0 Å². The van der Waals surface area contributed by atoms with Crippen LogP contribution in [0.25, 0.3) is 121 Å². The number of hydrogen-bond acceptors (Lipinski definition) is 2. The Bertz CT molecular complexity index is 5300. The highest BCUT2D eigenvalue weighted by Gasteiger charge is 2.19. The second kappa shape index (κ2) is 12.0. The SMILES string of the molecule is [2H]c1c([2H])c([2H])c(-c2c([2H])c([2H])c([2H])c(-c3c4c([2H])c([2H])c([2H])c([2H])c4c(-c4c([2H])c([2H])c5c(-c6c([2H])c([2H])c7c(oc8c([2H])c([2H])c9oc%10c([2H])c([2H])c([2H])c([2H])c%10c9c87)c6[2H])c([2H])c([2H])c([2H])c5c4[2H])c4c([2H])c([2H])c([2H])c([2H])c34)c2[2H])c([2H])c1[2H]. The van der Waals surface area contributed by atoms with E-state index in [0.717, 1.165) is 0 Å². The molecule has 0 aliphatic carbocycles. The summed E-state index contributed by atoms with van der Waals surface area (Å²) in [5, 5.41) is -6.23. The van der Waals surface area contributed by atoms with Gasteiger partial charge in [0.15, 0.2) is 0 Å². The molecule has 0 fully saturated rings. The van der Waals surface area contributed by atoms with Gasteiger partial charge in [-0.05, 0) is 119 Å². The Labute approximate surface area is 367 Å². The first-order valence-electron chi connectivity index (χ1n) is 32.6. The topological polar surface area (TPSA) is 26.3 Å². The molecular weight excluding hydrogens is 681 g/mol. The zero-order chi connectivity index (χ0) is 64.6. The van der Waals surface area contributed by atoms with E-state index in [1.807, 2.05) is 0 Å². The summed E-state index contributed by atoms with van der Waals surface area (Å²) in [7, 11) is 0. The van der Waals surface area contributed by atoms with Crippen LogP contribution >= 0.6 is 0 Å². The Morgan fingerprint density at radius 2 is 0.804 bits per heavy atom. The van der Waals surface area contributed by atoms with Crippen LogP contribution in [-0.4, -0.2) is 0 Å². The van der Waals surface area contributed by atoms with Gasteiger partial charge in [-0.1, -0.05) is 151 Å². The number of benzene rings is 10. The van der Waals surface area contributed by atoms with E-state index in [1.54, 1.807) is 0 Å². The van der Waals surface area contributed by atoms with E-state index in [1.165, 1.54) is 0 Å². The Hall–Kier alpha value is -7.42. The third kappa shape index (κ3) is 4.63. The van der Waals surface area contributed by atoms with Gasteiger partial charge in [0.2, 0.25) is 0 Å². The summed E-state index contributed by atoms with van der Waals surface area (Å²) < 4.78 is 303. The van der Waals surface area contributed by atoms with Crippen LogP contribution < -0.4 is 0 Å². The molecule has 12 aromatic rings. The van der Waals surface area contributed by atoms with E-state index in [2.05, 4.69) is 0 Å². The average Bonchev–Trinajstić information content (AvgIpc) is 1.00. The fourth-order valence-electron chi connectivity index (χ4n) is 6.93. The van der Waals surface area contributed by atoms with E-state index >= 15 is 0 Å². The van der Waals surface area contributed by atoms with Gasteiger partial charge < -0.3 is 8.83 Å². The smallest absolute Gasteiger partial charge is 0.136 e. The summed E-state index contributed by atoms with van der Waals surface area (Å²) in [4.78, 5) is 0. The van der Waals surface area contributed by atoms with Crippen molar-refractivity contribution in [2.24, 2.45) is 0 Å². The quantitative estimate of drug-likeness (QED) is 0.168. The van der Waals surface area contributed by atoms with Crippen molar-refractivity contribution in [1.29, 1.82) is 0 Å². The normalized spacial score (nSPS) is 19.9. The van der Waals surface area contributed by atoms with Crippen molar-refractivity contribution in [2.75, 3.05) is 0 Å². The van der Waals surface area contributed by atoms with Crippen LogP contribution in [0.1, 0.15) is 43.9 Å². The number of hydrogen-bond donors (Lipinski definition) is 0. The van der Waals surface area contributed by atoms with Crippen LogP contribution in [0.15, 0.2) is 202 Å². The maximum absolute atomic E-state index is 10.0. The number of rotatable bonds is 4. The molecule has 0 spiro atoms. The molecule has 2 heterocycles. The van der Waals surface area contributed by atoms with Crippen LogP contribution in [0.3, 0.4) is 0 Å². The molecule has 2 nitrogen and oxygen atoms in total. The molecule has 2 aromatic heterocycles. The molecule has 56 heavy (non-hydrogen) atoms. The summed E-state index contributed by atoms with van der Waals surface area (Å²) in [6, 6.07) is -31.0. The highest BCUT2D eigenvalue weighted by atomic mass is 16.3. The molecule has 0 saturated carbocycles. The standard InChI is InChI=1S/C54H32O2/c1-2-12-33(13-3-1)34-14-10-16-37(30-34)51-41-17-4-6-19-43(41)52(44-20-7-5-18-42(44)51)38-25-26-40-35(31-38)15-11-22-39(40)36-24-27-46-50(32-36)56-49-29-28-48-53(54(46)49)45-21-8-9-23-47(45)55-48/h1-32H/i1D,2D,3D,4D,5D,6D,7D,8D,9D,10D,11D,12D,13D,14D,15D,16D,17D,18D,19D,20D,21D,22D,23D,24D,25D,26D,27D,28D,29D,30D,31D,32D. The molecule has 0 atom stereocenters. The van der Waals surface area contributed by atoms with Gasteiger partial charge in [0.05, 0.1) is 43.9 Å². The monoisotopic (exact) mass is 744 g/mol. The molecule has 0 amide bonds. The Morgan fingerprint density at radius 1 is 0.286 bits per heavy atom. The minimum Gasteiger partial charge on any atom is -0.456 e. The van der Waals surface area contributed by atoms with Crippen molar-refractivity contribution in [2.45, 2.75) is 0 Å². The predicted molar refractivity (Wildman–Crippen MR) is 235 cm³/mol. The Kier molecular flexibility index (Phi) is 2.82. The molecular formula is C54H32O2. The van der Waals surface area contributed by atoms with Crippen LogP contribution in [0, 0.1) is 0 Å². The van der Waals surface area contributed by atoms with Crippen LogP contribution in [0.4, 0.5) is 0 Å². The number of para-hydroxylation sites is 1. The molecule has 0 unspecified atom stereocenters. The van der Waals surface area contributed by atoms with Gasteiger partial charge in [-0.3, -0.25) is 0 Å². The third-order valence-corrected chi connectivity index (χ3v) is 9.27. The van der Waals surface area contributed by atoms with Gasteiger partial charge in [-0.25, -0.2) is 0 Å². The first kappa shape index (κ1) is 13.1. The lowest BCUT2D eigenvalue weighted by molar-refractivity contribution is 0.663. The third-order valence-electron chi connectivity index (χ3n) is 9.27. The van der Waals surface area contributed by atoms with Crippen LogP contribution in [0.2, 0.25) is 0 Å². The van der Waals surface area contributed by atoms with Crippen molar-refractivity contribution in [3.63, 3.8) is 0 Å². The van der Waals surface area contributed by atoms with E-state index in [9.17, 15) is 19.2 Å². The molecule has 0 radical (unpaired) electrons. The first-order valence-corrected chi connectivity index (χ1v) is 16.6. The molecule has 260 valence electrons. The largest absolute Gasteiger partial charge is 0.456 e. The van der Waals surface area contributed by atoms with Crippen molar-refractivity contribution < 1.29 is 52.7 Å². The van der Waals surface area contributed by atoms with Gasteiger partial charge in [-0.15, -0.1) is 0 Å². The number of fused-ring (bicyclic) bond motifs is 10. The molecule has 0 aliphatic rings. The lowest BCUT2D eigenvalue weighted by Gasteiger charge is -2.18. The summed E-state index contributed by atoms with van der Waals surface area (Å²) in [6.45, 7) is 0. The van der Waals surface area contributed by atoms with Crippen molar-refractivity contribution in [3.05, 3.63) is 193 Å². The first-order chi connectivity index (χ1) is 41.1. The molecule has 0 N–H and O–H groups in total. The second-order valence-corrected chi connectivity index (χ2v) is 12.3. The highest BCUT2D eigenvalue weighted by molar-refractivity contribution is 6.26. The van der Waals surface area contributed by atoms with Crippen molar-refractivity contribution in [1.82, 2.24) is 0 Å². The summed E-state index contributed by atoms with van der Waals surface area (Å²) >= 11 is 0. The predicted octanol–water partition coefficient (Wildman–Crippen LogP) is 15.6. The van der Waals surface area contributed by atoms with E-state index in [0.29, 0.717) is 0 Å². The fraction of sp³-hybridized carbons (Fsp3) is 0. The van der Waals surface area contributed by atoms with Crippen molar-refractivity contribution >= 4 is 76.2 Å². The number of furan rings is 2.